The molecular formula is C10H11FN4. The summed E-state index contributed by atoms with van der Waals surface area (Å²) >= 11 is 0. The Morgan fingerprint density at radius 2 is 2.27 bits per heavy atom. The predicted molar refractivity (Wildman–Crippen MR) is 54.7 cm³/mol. The molecule has 2 aromatic heterocycles. The number of aryl methyl sites for hydroxylation is 1. The molecule has 5 heteroatoms. The molecule has 0 aliphatic heterocycles. The molecule has 0 spiro atoms. The van der Waals surface area contributed by atoms with Crippen LogP contribution in [0.4, 0.5) is 10.1 Å². The van der Waals surface area contributed by atoms with Crippen LogP contribution < -0.4 is 5.32 Å². The SMILES string of the molecule is Cn1cc(NCc2cncc(F)c2)cn1. The summed E-state index contributed by atoms with van der Waals surface area (Å²) in [6.07, 6.45) is 6.39. The molecule has 78 valence electrons. The Morgan fingerprint density at radius 1 is 1.40 bits per heavy atom. The number of pyridine rings is 1. The second-order valence-electron chi connectivity index (χ2n) is 3.27. The molecule has 0 saturated heterocycles. The standard InChI is InChI=1S/C10H11FN4/c1-15-7-10(6-14-15)13-4-8-2-9(11)5-12-3-8/h2-3,5-7,13H,4H2,1H3. The Balaban J connectivity index is 1.99. The van der Waals surface area contributed by atoms with E-state index in [0.717, 1.165) is 11.3 Å². The van der Waals surface area contributed by atoms with E-state index in [4.69, 9.17) is 0 Å². The van der Waals surface area contributed by atoms with Gasteiger partial charge in [-0.05, 0) is 11.6 Å². The first-order valence-electron chi connectivity index (χ1n) is 4.56. The number of hydrogen-bond donors (Lipinski definition) is 1. The van der Waals surface area contributed by atoms with Crippen LogP contribution in [0.2, 0.25) is 0 Å². The van der Waals surface area contributed by atoms with Gasteiger partial charge in [-0.15, -0.1) is 0 Å². The normalized spacial score (nSPS) is 10.3. The summed E-state index contributed by atoms with van der Waals surface area (Å²) in [5.41, 5.74) is 1.71. The Labute approximate surface area is 86.8 Å². The summed E-state index contributed by atoms with van der Waals surface area (Å²) in [6, 6.07) is 1.45. The fourth-order valence-electron chi connectivity index (χ4n) is 1.27. The van der Waals surface area contributed by atoms with E-state index in [1.54, 1.807) is 17.1 Å². The molecule has 0 aliphatic rings. The van der Waals surface area contributed by atoms with E-state index in [1.165, 1.54) is 12.3 Å². The van der Waals surface area contributed by atoms with Crippen LogP contribution in [0, 0.1) is 5.82 Å². The molecule has 0 aromatic carbocycles. The molecule has 0 unspecified atom stereocenters. The minimum Gasteiger partial charge on any atom is -0.378 e. The van der Waals surface area contributed by atoms with Gasteiger partial charge in [0.2, 0.25) is 0 Å². The largest absolute Gasteiger partial charge is 0.378 e. The van der Waals surface area contributed by atoms with E-state index < -0.39 is 0 Å². The topological polar surface area (TPSA) is 42.7 Å². The van der Waals surface area contributed by atoms with Gasteiger partial charge >= 0.3 is 0 Å². The van der Waals surface area contributed by atoms with Gasteiger partial charge in [0.1, 0.15) is 5.82 Å². The Morgan fingerprint density at radius 3 is 2.93 bits per heavy atom. The van der Waals surface area contributed by atoms with Crippen molar-refractivity contribution >= 4 is 5.69 Å². The maximum atomic E-state index is 12.8. The number of anilines is 1. The molecule has 2 rings (SSSR count). The molecule has 0 atom stereocenters. The lowest BCUT2D eigenvalue weighted by molar-refractivity contribution is 0.619. The Bertz CT molecular complexity index is 452. The van der Waals surface area contributed by atoms with Crippen LogP contribution in [0.5, 0.6) is 0 Å². The van der Waals surface area contributed by atoms with Gasteiger partial charge in [0.05, 0.1) is 18.1 Å². The Hall–Kier alpha value is -1.91. The zero-order valence-corrected chi connectivity index (χ0v) is 8.31. The van der Waals surface area contributed by atoms with Crippen molar-refractivity contribution in [3.8, 4) is 0 Å². The van der Waals surface area contributed by atoms with E-state index in [0.29, 0.717) is 6.54 Å². The maximum Gasteiger partial charge on any atom is 0.141 e. The third-order valence-corrected chi connectivity index (χ3v) is 1.96. The van der Waals surface area contributed by atoms with Gasteiger partial charge in [-0.2, -0.15) is 5.10 Å². The van der Waals surface area contributed by atoms with Gasteiger partial charge in [0.15, 0.2) is 0 Å². The highest BCUT2D eigenvalue weighted by atomic mass is 19.1. The number of hydrogen-bond acceptors (Lipinski definition) is 3. The van der Waals surface area contributed by atoms with E-state index in [9.17, 15) is 4.39 Å². The second-order valence-corrected chi connectivity index (χ2v) is 3.27. The van der Waals surface area contributed by atoms with Crippen molar-refractivity contribution in [2.24, 2.45) is 7.05 Å². The monoisotopic (exact) mass is 206 g/mol. The van der Waals surface area contributed by atoms with Crippen molar-refractivity contribution in [3.63, 3.8) is 0 Å². The van der Waals surface area contributed by atoms with Gasteiger partial charge in [-0.1, -0.05) is 0 Å². The van der Waals surface area contributed by atoms with Crippen molar-refractivity contribution in [3.05, 3.63) is 42.2 Å². The lowest BCUT2D eigenvalue weighted by Gasteiger charge is -2.02. The summed E-state index contributed by atoms with van der Waals surface area (Å²) < 4.78 is 14.5. The molecule has 0 bridgehead atoms. The zero-order valence-electron chi connectivity index (χ0n) is 8.31. The molecule has 0 fully saturated rings. The van der Waals surface area contributed by atoms with Crippen molar-refractivity contribution in [1.29, 1.82) is 0 Å². The molecule has 1 N–H and O–H groups in total. The molecule has 0 amide bonds. The van der Waals surface area contributed by atoms with Gasteiger partial charge < -0.3 is 5.32 Å². The van der Waals surface area contributed by atoms with E-state index in [1.807, 2.05) is 13.2 Å². The first-order chi connectivity index (χ1) is 7.24. The number of nitrogens with zero attached hydrogens (tertiary/aromatic N) is 3. The van der Waals surface area contributed by atoms with Crippen LogP contribution in [-0.2, 0) is 13.6 Å². The zero-order chi connectivity index (χ0) is 10.7. The fraction of sp³-hybridized carbons (Fsp3) is 0.200. The van der Waals surface area contributed by atoms with Crippen molar-refractivity contribution in [2.45, 2.75) is 6.54 Å². The molecule has 15 heavy (non-hydrogen) atoms. The molecule has 0 saturated carbocycles. The van der Waals surface area contributed by atoms with E-state index >= 15 is 0 Å². The predicted octanol–water partition coefficient (Wildman–Crippen LogP) is 1.57. The molecular weight excluding hydrogens is 195 g/mol. The first-order valence-corrected chi connectivity index (χ1v) is 4.56. The second kappa shape index (κ2) is 4.08. The smallest absolute Gasteiger partial charge is 0.141 e. The fourth-order valence-corrected chi connectivity index (χ4v) is 1.27. The Kier molecular flexibility index (Phi) is 2.62. The molecule has 2 heterocycles. The van der Waals surface area contributed by atoms with Crippen molar-refractivity contribution < 1.29 is 4.39 Å². The van der Waals surface area contributed by atoms with Crippen LogP contribution in [0.25, 0.3) is 0 Å². The van der Waals surface area contributed by atoms with Crippen LogP contribution in [0.3, 0.4) is 0 Å². The van der Waals surface area contributed by atoms with Gasteiger partial charge in [-0.25, -0.2) is 4.39 Å². The third kappa shape index (κ3) is 2.52. The average Bonchev–Trinajstić information content (AvgIpc) is 2.62. The number of nitrogens with one attached hydrogen (secondary N) is 1. The van der Waals surface area contributed by atoms with Crippen LogP contribution in [0.1, 0.15) is 5.56 Å². The third-order valence-electron chi connectivity index (χ3n) is 1.96. The quantitative estimate of drug-likeness (QED) is 0.828. The molecule has 2 aromatic rings. The molecule has 0 radical (unpaired) electrons. The van der Waals surface area contributed by atoms with Crippen LogP contribution in [-0.4, -0.2) is 14.8 Å². The van der Waals surface area contributed by atoms with Gasteiger partial charge in [-0.3, -0.25) is 9.67 Å². The average molecular weight is 206 g/mol. The van der Waals surface area contributed by atoms with E-state index in [-0.39, 0.29) is 5.82 Å². The summed E-state index contributed by atoms with van der Waals surface area (Å²) in [4.78, 5) is 3.77. The van der Waals surface area contributed by atoms with Crippen LogP contribution in [0.15, 0.2) is 30.9 Å². The highest BCUT2D eigenvalue weighted by molar-refractivity contribution is 5.38. The van der Waals surface area contributed by atoms with Gasteiger partial charge in [0, 0.05) is 26.0 Å². The maximum absolute atomic E-state index is 12.8. The van der Waals surface area contributed by atoms with Crippen molar-refractivity contribution in [1.82, 2.24) is 14.8 Å². The summed E-state index contributed by atoms with van der Waals surface area (Å²) in [7, 11) is 1.84. The summed E-state index contributed by atoms with van der Waals surface area (Å²) in [5, 5.41) is 7.13. The highest BCUT2D eigenvalue weighted by Gasteiger charge is 1.97. The summed E-state index contributed by atoms with van der Waals surface area (Å²) in [5.74, 6) is -0.319. The van der Waals surface area contributed by atoms with E-state index in [2.05, 4.69) is 15.4 Å². The number of rotatable bonds is 3. The first kappa shape index (κ1) is 9.64. The number of aromatic nitrogens is 3. The summed E-state index contributed by atoms with van der Waals surface area (Å²) in [6.45, 7) is 0.538. The number of halogens is 1. The molecule has 4 nitrogen and oxygen atoms in total. The lowest BCUT2D eigenvalue weighted by Crippen LogP contribution is -1.99. The lowest BCUT2D eigenvalue weighted by atomic mass is 10.3. The van der Waals surface area contributed by atoms with Crippen molar-refractivity contribution in [2.75, 3.05) is 5.32 Å². The minimum absolute atomic E-state index is 0.319. The molecule has 0 aliphatic carbocycles. The minimum atomic E-state index is -0.319. The van der Waals surface area contributed by atoms with Gasteiger partial charge in [0.25, 0.3) is 0 Å². The highest BCUT2D eigenvalue weighted by Crippen LogP contribution is 2.07. The van der Waals surface area contributed by atoms with Crippen LogP contribution >= 0.6 is 0 Å².